The molecule has 0 spiro atoms. The topological polar surface area (TPSA) is 37.8 Å². The third-order valence-corrected chi connectivity index (χ3v) is 3.76. The van der Waals surface area contributed by atoms with Crippen LogP contribution in [0.1, 0.15) is 0 Å². The zero-order chi connectivity index (χ0) is 13.2. The second-order valence-corrected chi connectivity index (χ2v) is 5.77. The maximum atomic E-state index is 4.32. The highest BCUT2D eigenvalue weighted by atomic mass is 79.9. The highest BCUT2D eigenvalue weighted by molar-refractivity contribution is 9.11. The molecule has 3 aromatic rings. The van der Waals surface area contributed by atoms with Crippen LogP contribution in [0.15, 0.2) is 57.7 Å². The van der Waals surface area contributed by atoms with E-state index in [0.29, 0.717) is 0 Å². The highest BCUT2D eigenvalue weighted by Crippen LogP contribution is 2.31. The fourth-order valence-corrected chi connectivity index (χ4v) is 3.18. The monoisotopic (exact) mass is 377 g/mol. The molecular formula is C14H9Br2N3. The molecule has 0 aliphatic rings. The third kappa shape index (κ3) is 2.62. The molecule has 19 heavy (non-hydrogen) atoms. The van der Waals surface area contributed by atoms with E-state index in [0.717, 1.165) is 31.4 Å². The number of nitrogens with zero attached hydrogens (tertiary/aromatic N) is 2. The molecule has 0 fully saturated rings. The lowest BCUT2D eigenvalue weighted by Crippen LogP contribution is -1.96. The Morgan fingerprint density at radius 3 is 2.53 bits per heavy atom. The number of benzene rings is 2. The number of rotatable bonds is 2. The van der Waals surface area contributed by atoms with E-state index in [1.54, 1.807) is 6.33 Å². The van der Waals surface area contributed by atoms with Gasteiger partial charge in [-0.1, -0.05) is 34.1 Å². The van der Waals surface area contributed by atoms with Crippen molar-refractivity contribution in [2.75, 3.05) is 5.32 Å². The van der Waals surface area contributed by atoms with Gasteiger partial charge < -0.3 is 5.32 Å². The second-order valence-electron chi connectivity index (χ2n) is 4.00. The van der Waals surface area contributed by atoms with Gasteiger partial charge in [-0.25, -0.2) is 9.97 Å². The number of halogens is 2. The SMILES string of the molecule is Brc1cc(Br)c2ncnc(Nc3ccccc3)c2c1. The third-order valence-electron chi connectivity index (χ3n) is 2.69. The smallest absolute Gasteiger partial charge is 0.141 e. The molecule has 5 heteroatoms. The lowest BCUT2D eigenvalue weighted by Gasteiger charge is -2.09. The summed E-state index contributed by atoms with van der Waals surface area (Å²) >= 11 is 7.01. The largest absolute Gasteiger partial charge is 0.340 e. The normalized spacial score (nSPS) is 10.6. The molecule has 3 nitrogen and oxygen atoms in total. The minimum atomic E-state index is 0.790. The quantitative estimate of drug-likeness (QED) is 0.689. The molecule has 3 rings (SSSR count). The highest BCUT2D eigenvalue weighted by Gasteiger charge is 2.08. The Kier molecular flexibility index (Phi) is 3.48. The Morgan fingerprint density at radius 1 is 0.947 bits per heavy atom. The van der Waals surface area contributed by atoms with Crippen LogP contribution in [-0.4, -0.2) is 9.97 Å². The first-order chi connectivity index (χ1) is 9.24. The van der Waals surface area contributed by atoms with Gasteiger partial charge in [0, 0.05) is 20.0 Å². The lowest BCUT2D eigenvalue weighted by atomic mass is 10.2. The summed E-state index contributed by atoms with van der Waals surface area (Å²) in [5, 5.41) is 4.27. The maximum absolute atomic E-state index is 4.32. The van der Waals surface area contributed by atoms with Crippen LogP contribution in [-0.2, 0) is 0 Å². The van der Waals surface area contributed by atoms with E-state index in [-0.39, 0.29) is 0 Å². The number of para-hydroxylation sites is 1. The summed E-state index contributed by atoms with van der Waals surface area (Å²) < 4.78 is 1.92. The molecule has 0 aliphatic heterocycles. The standard InChI is InChI=1S/C14H9Br2N3/c15-9-6-11-13(12(16)7-9)17-8-18-14(11)19-10-4-2-1-3-5-10/h1-8H,(H,17,18,19). The van der Waals surface area contributed by atoms with Crippen molar-refractivity contribution < 1.29 is 0 Å². The average Bonchev–Trinajstić information content (AvgIpc) is 2.41. The molecular weight excluding hydrogens is 370 g/mol. The van der Waals surface area contributed by atoms with Crippen molar-refractivity contribution in [3.8, 4) is 0 Å². The number of nitrogens with one attached hydrogen (secondary N) is 1. The summed E-state index contributed by atoms with van der Waals surface area (Å²) in [5.74, 6) is 0.790. The molecule has 2 aromatic carbocycles. The van der Waals surface area contributed by atoms with E-state index in [1.807, 2.05) is 42.5 Å². The van der Waals surface area contributed by atoms with Gasteiger partial charge in [-0.3, -0.25) is 0 Å². The molecule has 0 saturated carbocycles. The molecule has 0 atom stereocenters. The lowest BCUT2D eigenvalue weighted by molar-refractivity contribution is 1.21. The van der Waals surface area contributed by atoms with E-state index in [2.05, 4.69) is 47.1 Å². The minimum Gasteiger partial charge on any atom is -0.340 e. The first-order valence-electron chi connectivity index (χ1n) is 5.66. The average molecular weight is 379 g/mol. The van der Waals surface area contributed by atoms with E-state index in [4.69, 9.17) is 0 Å². The molecule has 0 aliphatic carbocycles. The number of fused-ring (bicyclic) bond motifs is 1. The zero-order valence-corrected chi connectivity index (χ0v) is 12.9. The van der Waals surface area contributed by atoms with E-state index < -0.39 is 0 Å². The summed E-state index contributed by atoms with van der Waals surface area (Å²) in [7, 11) is 0. The maximum Gasteiger partial charge on any atom is 0.141 e. The first-order valence-corrected chi connectivity index (χ1v) is 7.24. The van der Waals surface area contributed by atoms with Crippen LogP contribution < -0.4 is 5.32 Å². The number of aromatic nitrogens is 2. The van der Waals surface area contributed by atoms with Crippen molar-refractivity contribution in [3.63, 3.8) is 0 Å². The molecule has 1 aromatic heterocycles. The summed E-state index contributed by atoms with van der Waals surface area (Å²) in [4.78, 5) is 8.63. The Labute approximate surface area is 127 Å². The predicted molar refractivity (Wildman–Crippen MR) is 84.7 cm³/mol. The molecule has 94 valence electrons. The number of hydrogen-bond donors (Lipinski definition) is 1. The van der Waals surface area contributed by atoms with Gasteiger partial charge in [0.2, 0.25) is 0 Å². The summed E-state index contributed by atoms with van der Waals surface area (Å²) in [6, 6.07) is 13.9. The zero-order valence-electron chi connectivity index (χ0n) is 9.77. The molecule has 1 N–H and O–H groups in total. The summed E-state index contributed by atoms with van der Waals surface area (Å²) in [6.07, 6.45) is 1.56. The van der Waals surface area contributed by atoms with Gasteiger partial charge in [0.15, 0.2) is 0 Å². The van der Waals surface area contributed by atoms with Crippen LogP contribution in [0.2, 0.25) is 0 Å². The van der Waals surface area contributed by atoms with Crippen molar-refractivity contribution in [1.29, 1.82) is 0 Å². The summed E-state index contributed by atoms with van der Waals surface area (Å²) in [5.41, 5.74) is 1.88. The Bertz CT molecular complexity index is 729. The van der Waals surface area contributed by atoms with Crippen LogP contribution >= 0.6 is 31.9 Å². The molecule has 0 saturated heterocycles. The van der Waals surface area contributed by atoms with Crippen molar-refractivity contribution in [2.45, 2.75) is 0 Å². The molecule has 0 bridgehead atoms. The molecule has 1 heterocycles. The Balaban J connectivity index is 2.14. The van der Waals surface area contributed by atoms with Gasteiger partial charge in [0.05, 0.1) is 5.52 Å². The van der Waals surface area contributed by atoms with Gasteiger partial charge in [0.1, 0.15) is 12.1 Å². The van der Waals surface area contributed by atoms with Crippen LogP contribution in [0.25, 0.3) is 10.9 Å². The van der Waals surface area contributed by atoms with Crippen molar-refractivity contribution >= 4 is 54.3 Å². The van der Waals surface area contributed by atoms with Crippen molar-refractivity contribution in [3.05, 3.63) is 57.7 Å². The van der Waals surface area contributed by atoms with Gasteiger partial charge in [-0.05, 0) is 40.2 Å². The van der Waals surface area contributed by atoms with E-state index in [1.165, 1.54) is 0 Å². The van der Waals surface area contributed by atoms with Gasteiger partial charge in [0.25, 0.3) is 0 Å². The molecule has 0 radical (unpaired) electrons. The fourth-order valence-electron chi connectivity index (χ4n) is 1.85. The summed E-state index contributed by atoms with van der Waals surface area (Å²) in [6.45, 7) is 0. The van der Waals surface area contributed by atoms with Crippen molar-refractivity contribution in [1.82, 2.24) is 9.97 Å². The first kappa shape index (κ1) is 12.6. The van der Waals surface area contributed by atoms with Gasteiger partial charge in [-0.15, -0.1) is 0 Å². The Morgan fingerprint density at radius 2 is 1.74 bits per heavy atom. The van der Waals surface area contributed by atoms with Crippen LogP contribution in [0, 0.1) is 0 Å². The molecule has 0 amide bonds. The Hall–Kier alpha value is -1.46. The van der Waals surface area contributed by atoms with Gasteiger partial charge >= 0.3 is 0 Å². The predicted octanol–water partition coefficient (Wildman–Crippen LogP) is 4.90. The second kappa shape index (κ2) is 5.27. The number of anilines is 2. The van der Waals surface area contributed by atoms with Crippen molar-refractivity contribution in [2.24, 2.45) is 0 Å². The van der Waals surface area contributed by atoms with E-state index >= 15 is 0 Å². The van der Waals surface area contributed by atoms with Gasteiger partial charge in [-0.2, -0.15) is 0 Å². The van der Waals surface area contributed by atoms with Crippen LogP contribution in [0.4, 0.5) is 11.5 Å². The molecule has 0 unspecified atom stereocenters. The fraction of sp³-hybridized carbons (Fsp3) is 0. The number of hydrogen-bond acceptors (Lipinski definition) is 3. The van der Waals surface area contributed by atoms with E-state index in [9.17, 15) is 0 Å². The minimum absolute atomic E-state index is 0.790. The van der Waals surface area contributed by atoms with Crippen LogP contribution in [0.5, 0.6) is 0 Å². The van der Waals surface area contributed by atoms with Crippen LogP contribution in [0.3, 0.4) is 0 Å².